The molecule has 0 amide bonds. The van der Waals surface area contributed by atoms with Crippen LogP contribution in [0.1, 0.15) is 16.3 Å². The number of nitrogens with one attached hydrogen (secondary N) is 1. The SMILES string of the molecule is CNc1nc(Cc2cccc(OC)c2)nc2sc(C)cc12. The van der Waals surface area contributed by atoms with E-state index in [1.165, 1.54) is 4.88 Å². The summed E-state index contributed by atoms with van der Waals surface area (Å²) in [5.41, 5.74) is 1.14. The molecule has 108 valence electrons. The summed E-state index contributed by atoms with van der Waals surface area (Å²) in [6, 6.07) is 10.1. The summed E-state index contributed by atoms with van der Waals surface area (Å²) in [5, 5.41) is 4.25. The third-order valence-corrected chi connectivity index (χ3v) is 4.24. The maximum Gasteiger partial charge on any atom is 0.138 e. The van der Waals surface area contributed by atoms with E-state index in [-0.39, 0.29) is 0 Å². The van der Waals surface area contributed by atoms with Gasteiger partial charge in [-0.1, -0.05) is 12.1 Å². The van der Waals surface area contributed by atoms with Gasteiger partial charge in [0.2, 0.25) is 0 Å². The smallest absolute Gasteiger partial charge is 0.138 e. The lowest BCUT2D eigenvalue weighted by Crippen LogP contribution is -2.01. The number of aryl methyl sites for hydroxylation is 1. The quantitative estimate of drug-likeness (QED) is 0.799. The fourth-order valence-electron chi connectivity index (χ4n) is 2.32. The minimum Gasteiger partial charge on any atom is -0.497 e. The van der Waals surface area contributed by atoms with Crippen LogP contribution >= 0.6 is 11.3 Å². The molecule has 5 heteroatoms. The van der Waals surface area contributed by atoms with Gasteiger partial charge in [-0.05, 0) is 30.7 Å². The zero-order valence-corrected chi connectivity index (χ0v) is 13.1. The molecule has 0 bridgehead atoms. The monoisotopic (exact) mass is 299 g/mol. The Labute approximate surface area is 127 Å². The summed E-state index contributed by atoms with van der Waals surface area (Å²) in [6.07, 6.45) is 0.693. The molecule has 0 radical (unpaired) electrons. The molecule has 2 aromatic heterocycles. The number of nitrogens with zero attached hydrogens (tertiary/aromatic N) is 2. The Morgan fingerprint density at radius 1 is 1.24 bits per heavy atom. The molecule has 0 aliphatic carbocycles. The van der Waals surface area contributed by atoms with Crippen molar-refractivity contribution in [2.24, 2.45) is 0 Å². The zero-order valence-electron chi connectivity index (χ0n) is 12.3. The van der Waals surface area contributed by atoms with Crippen LogP contribution in [-0.4, -0.2) is 24.1 Å². The van der Waals surface area contributed by atoms with Crippen LogP contribution in [0.5, 0.6) is 5.75 Å². The van der Waals surface area contributed by atoms with Gasteiger partial charge in [0.15, 0.2) is 0 Å². The standard InChI is InChI=1S/C16H17N3OS/c1-10-7-13-15(17-2)18-14(19-16(13)21-10)9-11-5-4-6-12(8-11)20-3/h4-8H,9H2,1-3H3,(H,17,18,19). The van der Waals surface area contributed by atoms with E-state index in [0.717, 1.165) is 33.2 Å². The number of hydrogen-bond acceptors (Lipinski definition) is 5. The third-order valence-electron chi connectivity index (χ3n) is 3.30. The fraction of sp³-hybridized carbons (Fsp3) is 0.250. The van der Waals surface area contributed by atoms with E-state index >= 15 is 0 Å². The summed E-state index contributed by atoms with van der Waals surface area (Å²) in [7, 11) is 3.57. The fourth-order valence-corrected chi connectivity index (χ4v) is 3.22. The summed E-state index contributed by atoms with van der Waals surface area (Å²) in [4.78, 5) is 11.6. The van der Waals surface area contributed by atoms with E-state index in [4.69, 9.17) is 4.74 Å². The van der Waals surface area contributed by atoms with Crippen molar-refractivity contribution in [1.82, 2.24) is 9.97 Å². The van der Waals surface area contributed by atoms with Crippen LogP contribution in [0, 0.1) is 6.92 Å². The van der Waals surface area contributed by atoms with Crippen molar-refractivity contribution in [2.75, 3.05) is 19.5 Å². The molecule has 3 aromatic rings. The molecular formula is C16H17N3OS. The molecule has 0 saturated carbocycles. The Hall–Kier alpha value is -2.14. The van der Waals surface area contributed by atoms with Crippen molar-refractivity contribution in [3.05, 3.63) is 46.6 Å². The number of thiophene rings is 1. The molecule has 2 heterocycles. The average molecular weight is 299 g/mol. The molecule has 0 atom stereocenters. The summed E-state index contributed by atoms with van der Waals surface area (Å²) < 4.78 is 5.26. The van der Waals surface area contributed by atoms with Crippen molar-refractivity contribution in [3.63, 3.8) is 0 Å². The number of aromatic nitrogens is 2. The Kier molecular flexibility index (Phi) is 3.75. The second-order valence-electron chi connectivity index (χ2n) is 4.84. The molecule has 21 heavy (non-hydrogen) atoms. The lowest BCUT2D eigenvalue weighted by Gasteiger charge is -2.06. The molecule has 0 fully saturated rings. The van der Waals surface area contributed by atoms with Crippen LogP contribution < -0.4 is 10.1 Å². The van der Waals surface area contributed by atoms with Gasteiger partial charge in [0, 0.05) is 18.3 Å². The van der Waals surface area contributed by atoms with E-state index in [1.54, 1.807) is 18.4 Å². The van der Waals surface area contributed by atoms with Crippen molar-refractivity contribution in [3.8, 4) is 5.75 Å². The highest BCUT2D eigenvalue weighted by Gasteiger charge is 2.10. The largest absolute Gasteiger partial charge is 0.497 e. The molecular weight excluding hydrogens is 282 g/mol. The zero-order chi connectivity index (χ0) is 14.8. The van der Waals surface area contributed by atoms with Crippen LogP contribution in [0.4, 0.5) is 5.82 Å². The topological polar surface area (TPSA) is 47.0 Å². The van der Waals surface area contributed by atoms with E-state index < -0.39 is 0 Å². The highest BCUT2D eigenvalue weighted by Crippen LogP contribution is 2.28. The molecule has 0 spiro atoms. The third kappa shape index (κ3) is 2.83. The lowest BCUT2D eigenvalue weighted by molar-refractivity contribution is 0.414. The second kappa shape index (κ2) is 5.69. The van der Waals surface area contributed by atoms with Gasteiger partial charge in [0.1, 0.15) is 22.2 Å². The van der Waals surface area contributed by atoms with Crippen LogP contribution in [0.3, 0.4) is 0 Å². The molecule has 0 saturated heterocycles. The first kappa shape index (κ1) is 13.8. The van der Waals surface area contributed by atoms with Gasteiger partial charge >= 0.3 is 0 Å². The number of ether oxygens (including phenoxy) is 1. The normalized spacial score (nSPS) is 10.8. The van der Waals surface area contributed by atoms with Gasteiger partial charge in [-0.2, -0.15) is 0 Å². The number of benzene rings is 1. The first-order chi connectivity index (χ1) is 10.2. The Morgan fingerprint density at radius 2 is 2.10 bits per heavy atom. The highest BCUT2D eigenvalue weighted by molar-refractivity contribution is 7.18. The van der Waals surface area contributed by atoms with Crippen LogP contribution in [-0.2, 0) is 6.42 Å². The molecule has 0 unspecified atom stereocenters. The van der Waals surface area contributed by atoms with Crippen LogP contribution in [0.15, 0.2) is 30.3 Å². The van der Waals surface area contributed by atoms with Gasteiger partial charge in [-0.25, -0.2) is 9.97 Å². The van der Waals surface area contributed by atoms with Gasteiger partial charge < -0.3 is 10.1 Å². The molecule has 0 aliphatic heterocycles. The number of rotatable bonds is 4. The molecule has 4 nitrogen and oxygen atoms in total. The number of methoxy groups -OCH3 is 1. The average Bonchev–Trinajstić information content (AvgIpc) is 2.86. The van der Waals surface area contributed by atoms with Crippen molar-refractivity contribution in [2.45, 2.75) is 13.3 Å². The summed E-state index contributed by atoms with van der Waals surface area (Å²) >= 11 is 1.70. The van der Waals surface area contributed by atoms with Gasteiger partial charge in [0.25, 0.3) is 0 Å². The molecule has 1 N–H and O–H groups in total. The summed E-state index contributed by atoms with van der Waals surface area (Å²) in [6.45, 7) is 2.09. The van der Waals surface area contributed by atoms with Crippen molar-refractivity contribution in [1.29, 1.82) is 0 Å². The number of hydrogen-bond donors (Lipinski definition) is 1. The molecule has 0 aliphatic rings. The molecule has 3 rings (SSSR count). The maximum atomic E-state index is 5.26. The van der Waals surface area contributed by atoms with E-state index in [1.807, 2.05) is 25.2 Å². The Morgan fingerprint density at radius 3 is 2.86 bits per heavy atom. The second-order valence-corrected chi connectivity index (χ2v) is 6.08. The Balaban J connectivity index is 1.99. The van der Waals surface area contributed by atoms with Gasteiger partial charge in [-0.15, -0.1) is 11.3 Å². The van der Waals surface area contributed by atoms with Gasteiger partial charge in [-0.3, -0.25) is 0 Å². The first-order valence-electron chi connectivity index (χ1n) is 6.77. The highest BCUT2D eigenvalue weighted by atomic mass is 32.1. The lowest BCUT2D eigenvalue weighted by atomic mass is 10.1. The van der Waals surface area contributed by atoms with Crippen molar-refractivity contribution < 1.29 is 4.74 Å². The minimum atomic E-state index is 0.693. The molecule has 1 aromatic carbocycles. The Bertz CT molecular complexity index is 782. The van der Waals surface area contributed by atoms with Crippen LogP contribution in [0.25, 0.3) is 10.2 Å². The van der Waals surface area contributed by atoms with Crippen molar-refractivity contribution >= 4 is 27.4 Å². The van der Waals surface area contributed by atoms with E-state index in [0.29, 0.717) is 6.42 Å². The first-order valence-corrected chi connectivity index (χ1v) is 7.59. The van der Waals surface area contributed by atoms with E-state index in [2.05, 4.69) is 34.3 Å². The maximum absolute atomic E-state index is 5.26. The predicted octanol–water partition coefficient (Wildman–Crippen LogP) is 3.64. The van der Waals surface area contributed by atoms with E-state index in [9.17, 15) is 0 Å². The van der Waals surface area contributed by atoms with Gasteiger partial charge in [0.05, 0.1) is 12.5 Å². The number of fused-ring (bicyclic) bond motifs is 1. The minimum absolute atomic E-state index is 0.693. The summed E-state index contributed by atoms with van der Waals surface area (Å²) in [5.74, 6) is 2.57. The van der Waals surface area contributed by atoms with Crippen LogP contribution in [0.2, 0.25) is 0 Å². The predicted molar refractivity (Wildman–Crippen MR) is 87.5 cm³/mol. The number of anilines is 1.